The molecular formula is C29H42O10. The summed E-state index contributed by atoms with van der Waals surface area (Å²) in [6, 6.07) is 0. The molecule has 0 amide bonds. The molecule has 1 saturated heterocycles. The van der Waals surface area contributed by atoms with Crippen LogP contribution < -0.4 is 0 Å². The van der Waals surface area contributed by atoms with Gasteiger partial charge in [-0.3, -0.25) is 0 Å². The van der Waals surface area contributed by atoms with E-state index in [9.17, 15) is 35.1 Å². The number of hydrogen-bond donors (Lipinski definition) is 5. The molecule has 0 aromatic heterocycles. The van der Waals surface area contributed by atoms with E-state index in [1.165, 1.54) is 0 Å². The standard InChI is InChI=1S/C29H42O10/c1-15-22(32)23(33)24(34)25(38-15)39-17-3-8-27(14-30)19-4-7-26(2)18(16-11-21(31)37-13-16)6-10-29(26,36)20(19)5-9-28(27,35)12-17/h11,14-15,17-20,22-25,32-36H,3-10,12-13H2,1-2H3/t15-,17-,18+,19-,20+,22-,23-,24+,25+,26+,27-,28-,29-/m0/s1. The quantitative estimate of drug-likeness (QED) is 0.192. The zero-order valence-electron chi connectivity index (χ0n) is 22.7. The van der Waals surface area contributed by atoms with Crippen molar-refractivity contribution in [3.63, 3.8) is 0 Å². The predicted octanol–water partition coefficient (Wildman–Crippen LogP) is 0.750. The summed E-state index contributed by atoms with van der Waals surface area (Å²) in [7, 11) is 0. The number of ether oxygens (including phenoxy) is 3. The molecule has 2 aliphatic heterocycles. The zero-order chi connectivity index (χ0) is 28.0. The SMILES string of the molecule is C[C@@H]1O[C@H](O[C@H]2CC[C@]3(C=O)[C@H]4CC[C@]5(C)[C@@H](C6=CC(=O)OC6)CC[C@]5(O)[C@@H]4CC[C@]3(O)C2)[C@H](O)[C@@H](O)[C@H]1O. The second-order valence-corrected chi connectivity index (χ2v) is 13.4. The molecule has 0 aromatic carbocycles. The minimum Gasteiger partial charge on any atom is -0.458 e. The molecule has 0 unspecified atom stereocenters. The van der Waals surface area contributed by atoms with Crippen LogP contribution in [0.1, 0.15) is 71.6 Å². The molecule has 5 N–H and O–H groups in total. The van der Waals surface area contributed by atoms with Gasteiger partial charge >= 0.3 is 5.97 Å². The maximum absolute atomic E-state index is 13.0. The normalized spacial score (nSPS) is 55.2. The van der Waals surface area contributed by atoms with E-state index in [2.05, 4.69) is 6.92 Å². The highest BCUT2D eigenvalue weighted by molar-refractivity contribution is 5.85. The molecule has 39 heavy (non-hydrogen) atoms. The molecule has 4 aliphatic carbocycles. The number of aliphatic hydroxyl groups is 5. The van der Waals surface area contributed by atoms with Gasteiger partial charge in [-0.2, -0.15) is 0 Å². The Labute approximate surface area is 228 Å². The van der Waals surface area contributed by atoms with Crippen molar-refractivity contribution >= 4 is 12.3 Å². The third-order valence-electron chi connectivity index (χ3n) is 12.0. The van der Waals surface area contributed by atoms with Crippen molar-refractivity contribution in [3.8, 4) is 0 Å². The van der Waals surface area contributed by atoms with Crippen molar-refractivity contribution in [1.82, 2.24) is 0 Å². The molecule has 10 heteroatoms. The summed E-state index contributed by atoms with van der Waals surface area (Å²) in [4.78, 5) is 24.8. The molecule has 5 fully saturated rings. The highest BCUT2D eigenvalue weighted by Gasteiger charge is 2.71. The van der Waals surface area contributed by atoms with Crippen LogP contribution in [0.2, 0.25) is 0 Å². The second-order valence-electron chi connectivity index (χ2n) is 13.4. The Balaban J connectivity index is 1.22. The van der Waals surface area contributed by atoms with E-state index in [0.717, 1.165) is 18.3 Å². The van der Waals surface area contributed by atoms with E-state index in [0.29, 0.717) is 44.9 Å². The summed E-state index contributed by atoms with van der Waals surface area (Å²) in [5.41, 5.74) is -2.86. The van der Waals surface area contributed by atoms with Crippen LogP contribution in [0.15, 0.2) is 11.6 Å². The lowest BCUT2D eigenvalue weighted by Crippen LogP contribution is -2.69. The first-order valence-electron chi connectivity index (χ1n) is 14.5. The van der Waals surface area contributed by atoms with Gasteiger partial charge in [0.2, 0.25) is 0 Å². The topological polar surface area (TPSA) is 163 Å². The molecule has 4 saturated carbocycles. The lowest BCUT2D eigenvalue weighted by atomic mass is 9.41. The fourth-order valence-electron chi connectivity index (χ4n) is 9.75. The van der Waals surface area contributed by atoms with Gasteiger partial charge in [0, 0.05) is 17.9 Å². The van der Waals surface area contributed by atoms with Crippen molar-refractivity contribution in [1.29, 1.82) is 0 Å². The second kappa shape index (κ2) is 9.31. The van der Waals surface area contributed by atoms with Gasteiger partial charge in [-0.1, -0.05) is 6.92 Å². The van der Waals surface area contributed by atoms with Gasteiger partial charge in [0.15, 0.2) is 6.29 Å². The fourth-order valence-corrected chi connectivity index (χ4v) is 9.75. The summed E-state index contributed by atoms with van der Waals surface area (Å²) in [6.07, 6.45) is 0.689. The third kappa shape index (κ3) is 3.78. The Morgan fingerprint density at radius 3 is 2.41 bits per heavy atom. The summed E-state index contributed by atoms with van der Waals surface area (Å²) in [5, 5.41) is 55.0. The minimum absolute atomic E-state index is 0.0465. The van der Waals surface area contributed by atoms with Crippen molar-refractivity contribution in [2.75, 3.05) is 6.61 Å². The zero-order valence-corrected chi connectivity index (χ0v) is 22.7. The van der Waals surface area contributed by atoms with Gasteiger partial charge in [0.1, 0.15) is 31.2 Å². The minimum atomic E-state index is -1.43. The number of aldehydes is 1. The van der Waals surface area contributed by atoms with Crippen LogP contribution in [0.5, 0.6) is 0 Å². The first kappa shape index (κ1) is 27.8. The number of cyclic esters (lactones) is 1. The molecule has 0 radical (unpaired) electrons. The Bertz CT molecular complexity index is 1050. The van der Waals surface area contributed by atoms with Crippen molar-refractivity contribution in [2.24, 2.45) is 28.6 Å². The Morgan fingerprint density at radius 1 is 0.974 bits per heavy atom. The van der Waals surface area contributed by atoms with Crippen LogP contribution in [0.3, 0.4) is 0 Å². The Kier molecular flexibility index (Phi) is 6.62. The van der Waals surface area contributed by atoms with Crippen LogP contribution in [0.25, 0.3) is 0 Å². The first-order valence-corrected chi connectivity index (χ1v) is 14.5. The van der Waals surface area contributed by atoms with Crippen molar-refractivity contribution in [2.45, 2.75) is 120 Å². The smallest absolute Gasteiger partial charge is 0.331 e. The largest absolute Gasteiger partial charge is 0.458 e. The highest BCUT2D eigenvalue weighted by Crippen LogP contribution is 2.70. The highest BCUT2D eigenvalue weighted by atomic mass is 16.7. The van der Waals surface area contributed by atoms with Gasteiger partial charge in [0.25, 0.3) is 0 Å². The average Bonchev–Trinajstić information content (AvgIpc) is 3.45. The van der Waals surface area contributed by atoms with Gasteiger partial charge in [-0.15, -0.1) is 0 Å². The number of rotatable bonds is 4. The van der Waals surface area contributed by atoms with Crippen LogP contribution in [-0.4, -0.2) is 92.4 Å². The lowest BCUT2D eigenvalue weighted by Gasteiger charge is -2.65. The summed E-state index contributed by atoms with van der Waals surface area (Å²) in [5.74, 6) is -0.616. The molecule has 0 bridgehead atoms. The maximum Gasteiger partial charge on any atom is 0.331 e. The maximum atomic E-state index is 13.0. The number of hydrogen-bond acceptors (Lipinski definition) is 10. The summed E-state index contributed by atoms with van der Waals surface area (Å²) in [6.45, 7) is 3.98. The van der Waals surface area contributed by atoms with Crippen molar-refractivity contribution in [3.05, 3.63) is 11.6 Å². The van der Waals surface area contributed by atoms with E-state index in [1.54, 1.807) is 13.0 Å². The van der Waals surface area contributed by atoms with Crippen LogP contribution in [0, 0.1) is 28.6 Å². The first-order chi connectivity index (χ1) is 18.4. The Hall–Kier alpha value is -1.40. The van der Waals surface area contributed by atoms with Gasteiger partial charge in [-0.05, 0) is 81.6 Å². The van der Waals surface area contributed by atoms with Crippen LogP contribution >= 0.6 is 0 Å². The van der Waals surface area contributed by atoms with Gasteiger partial charge in [0.05, 0.1) is 28.8 Å². The summed E-state index contributed by atoms with van der Waals surface area (Å²) >= 11 is 0. The average molecular weight is 551 g/mol. The monoisotopic (exact) mass is 550 g/mol. The molecule has 13 atom stereocenters. The predicted molar refractivity (Wildman–Crippen MR) is 135 cm³/mol. The van der Waals surface area contributed by atoms with E-state index >= 15 is 0 Å². The Morgan fingerprint density at radius 2 is 1.72 bits per heavy atom. The molecule has 0 spiro atoms. The third-order valence-corrected chi connectivity index (χ3v) is 12.0. The van der Waals surface area contributed by atoms with E-state index in [-0.39, 0.29) is 36.8 Å². The van der Waals surface area contributed by atoms with Gasteiger partial charge < -0.3 is 44.5 Å². The molecule has 2 heterocycles. The number of esters is 1. The molecule has 6 rings (SSSR count). The molecule has 6 aliphatic rings. The lowest BCUT2D eigenvalue weighted by molar-refractivity contribution is -0.317. The van der Waals surface area contributed by atoms with Crippen LogP contribution in [-0.2, 0) is 23.8 Å². The number of aliphatic hydroxyl groups excluding tert-OH is 3. The van der Waals surface area contributed by atoms with E-state index in [4.69, 9.17) is 14.2 Å². The number of carbonyl (C=O) groups excluding carboxylic acids is 2. The number of carbonyl (C=O) groups is 2. The van der Waals surface area contributed by atoms with Crippen LogP contribution in [0.4, 0.5) is 0 Å². The van der Waals surface area contributed by atoms with E-state index in [1.807, 2.05) is 0 Å². The molecule has 218 valence electrons. The molecule has 0 aromatic rings. The summed E-state index contributed by atoms with van der Waals surface area (Å²) < 4.78 is 16.9. The number of fused-ring (bicyclic) bond motifs is 5. The van der Waals surface area contributed by atoms with Gasteiger partial charge in [-0.25, -0.2) is 4.79 Å². The molecular weight excluding hydrogens is 508 g/mol. The molecule has 10 nitrogen and oxygen atoms in total. The fraction of sp³-hybridized carbons (Fsp3) is 0.862. The van der Waals surface area contributed by atoms with E-state index < -0.39 is 58.8 Å². The van der Waals surface area contributed by atoms with Crippen molar-refractivity contribution < 1.29 is 49.3 Å².